The lowest BCUT2D eigenvalue weighted by Gasteiger charge is -2.33. The molecule has 3 aromatic heterocycles. The monoisotopic (exact) mass is 403 g/mol. The van der Waals surface area contributed by atoms with Crippen LogP contribution in [0, 0.1) is 6.92 Å². The van der Waals surface area contributed by atoms with E-state index in [1.165, 1.54) is 0 Å². The van der Waals surface area contributed by atoms with E-state index in [4.69, 9.17) is 8.83 Å². The van der Waals surface area contributed by atoms with Crippen molar-refractivity contribution in [3.63, 3.8) is 0 Å². The molecule has 6 rings (SSSR count). The highest BCUT2D eigenvalue weighted by molar-refractivity contribution is 5.97. The number of pyridine rings is 1. The van der Waals surface area contributed by atoms with Gasteiger partial charge in [-0.15, -0.1) is 0 Å². The molecule has 2 aliphatic rings. The van der Waals surface area contributed by atoms with Gasteiger partial charge in [-0.3, -0.25) is 4.79 Å². The average Bonchev–Trinajstić information content (AvgIpc) is 3.39. The third kappa shape index (κ3) is 2.99. The molecule has 30 heavy (non-hydrogen) atoms. The number of piperazine rings is 1. The van der Waals surface area contributed by atoms with Crippen molar-refractivity contribution in [3.05, 3.63) is 47.5 Å². The van der Waals surface area contributed by atoms with Crippen LogP contribution in [0.1, 0.15) is 40.7 Å². The predicted octanol–water partition coefficient (Wildman–Crippen LogP) is 3.51. The number of rotatable bonds is 3. The second kappa shape index (κ2) is 6.55. The Bertz CT molecular complexity index is 1260. The van der Waals surface area contributed by atoms with E-state index in [1.807, 2.05) is 42.2 Å². The molecule has 0 unspecified atom stereocenters. The Kier molecular flexibility index (Phi) is 3.81. The molecule has 8 nitrogen and oxygen atoms in total. The van der Waals surface area contributed by atoms with Crippen LogP contribution in [0.15, 0.2) is 39.2 Å². The minimum Gasteiger partial charge on any atom is -0.440 e. The molecule has 1 saturated heterocycles. The molecule has 2 fully saturated rings. The second-order valence-corrected chi connectivity index (χ2v) is 8.06. The number of carbonyl (C=O) groups excluding carboxylic acids is 1. The van der Waals surface area contributed by atoms with Crippen LogP contribution in [0.4, 0.5) is 6.01 Å². The van der Waals surface area contributed by atoms with Crippen molar-refractivity contribution in [2.24, 2.45) is 0 Å². The van der Waals surface area contributed by atoms with Gasteiger partial charge in [0.1, 0.15) is 5.52 Å². The van der Waals surface area contributed by atoms with Crippen LogP contribution >= 0.6 is 0 Å². The van der Waals surface area contributed by atoms with Crippen LogP contribution in [-0.2, 0) is 0 Å². The number of aryl methyl sites for hydroxylation is 1. The number of benzene rings is 1. The molecule has 0 bridgehead atoms. The summed E-state index contributed by atoms with van der Waals surface area (Å²) in [5.74, 6) is 1.26. The Morgan fingerprint density at radius 3 is 2.60 bits per heavy atom. The van der Waals surface area contributed by atoms with Crippen molar-refractivity contribution >= 4 is 34.3 Å². The second-order valence-electron chi connectivity index (χ2n) is 8.06. The summed E-state index contributed by atoms with van der Waals surface area (Å²) in [6.07, 6.45) is 2.28. The molecule has 0 spiro atoms. The molecule has 1 saturated carbocycles. The lowest BCUT2D eigenvalue weighted by molar-refractivity contribution is 0.0745. The van der Waals surface area contributed by atoms with Crippen LogP contribution < -0.4 is 4.90 Å². The number of hydrogen-bond acceptors (Lipinski definition) is 7. The minimum atomic E-state index is 0.00998. The number of oxazole rings is 2. The smallest absolute Gasteiger partial charge is 0.300 e. The zero-order valence-corrected chi connectivity index (χ0v) is 16.7. The highest BCUT2D eigenvalue weighted by Crippen LogP contribution is 2.40. The van der Waals surface area contributed by atoms with Gasteiger partial charge in [0, 0.05) is 43.4 Å². The van der Waals surface area contributed by atoms with Gasteiger partial charge < -0.3 is 18.6 Å². The van der Waals surface area contributed by atoms with Crippen LogP contribution in [0.5, 0.6) is 0 Å². The SMILES string of the molecule is Cc1ccc2oc(N3CCN(C(=O)c4ccc5nc(C6CC6)oc5c4)CC3)nc2n1. The molecule has 1 aliphatic carbocycles. The van der Waals surface area contributed by atoms with Gasteiger partial charge in [-0.1, -0.05) is 0 Å². The summed E-state index contributed by atoms with van der Waals surface area (Å²) in [5, 5.41) is 0. The van der Waals surface area contributed by atoms with E-state index in [2.05, 4.69) is 19.9 Å². The molecule has 4 aromatic rings. The van der Waals surface area contributed by atoms with Crippen molar-refractivity contribution < 1.29 is 13.6 Å². The minimum absolute atomic E-state index is 0.00998. The molecule has 1 aromatic carbocycles. The van der Waals surface area contributed by atoms with Crippen LogP contribution in [-0.4, -0.2) is 51.9 Å². The summed E-state index contributed by atoms with van der Waals surface area (Å²) >= 11 is 0. The van der Waals surface area contributed by atoms with Gasteiger partial charge in [-0.2, -0.15) is 4.98 Å². The van der Waals surface area contributed by atoms with Crippen molar-refractivity contribution in [2.75, 3.05) is 31.1 Å². The van der Waals surface area contributed by atoms with E-state index in [0.717, 1.165) is 29.9 Å². The number of carbonyl (C=O) groups is 1. The van der Waals surface area contributed by atoms with Crippen molar-refractivity contribution in [3.8, 4) is 0 Å². The number of anilines is 1. The number of nitrogens with zero attached hydrogens (tertiary/aromatic N) is 5. The quantitative estimate of drug-likeness (QED) is 0.517. The summed E-state index contributed by atoms with van der Waals surface area (Å²) < 4.78 is 11.7. The zero-order chi connectivity index (χ0) is 20.2. The lowest BCUT2D eigenvalue weighted by Crippen LogP contribution is -2.48. The molecule has 1 amide bonds. The third-order valence-electron chi connectivity index (χ3n) is 5.80. The summed E-state index contributed by atoms with van der Waals surface area (Å²) in [4.78, 5) is 30.4. The molecule has 0 N–H and O–H groups in total. The fraction of sp³-hybridized carbons (Fsp3) is 0.364. The van der Waals surface area contributed by atoms with E-state index >= 15 is 0 Å². The maximum atomic E-state index is 13.0. The Hall–Kier alpha value is -3.42. The van der Waals surface area contributed by atoms with Gasteiger partial charge in [-0.05, 0) is 50.1 Å². The van der Waals surface area contributed by atoms with Crippen molar-refractivity contribution in [2.45, 2.75) is 25.7 Å². The van der Waals surface area contributed by atoms with E-state index < -0.39 is 0 Å². The first kappa shape index (κ1) is 17.4. The molecular weight excluding hydrogens is 382 g/mol. The van der Waals surface area contributed by atoms with E-state index in [9.17, 15) is 4.79 Å². The van der Waals surface area contributed by atoms with Crippen LogP contribution in [0.2, 0.25) is 0 Å². The Morgan fingerprint density at radius 1 is 0.967 bits per heavy atom. The van der Waals surface area contributed by atoms with E-state index in [0.29, 0.717) is 60.5 Å². The average molecular weight is 403 g/mol. The summed E-state index contributed by atoms with van der Waals surface area (Å²) in [6, 6.07) is 9.89. The van der Waals surface area contributed by atoms with Gasteiger partial charge in [-0.25, -0.2) is 9.97 Å². The molecule has 1 aliphatic heterocycles. The predicted molar refractivity (Wildman–Crippen MR) is 111 cm³/mol. The van der Waals surface area contributed by atoms with Gasteiger partial charge in [0.15, 0.2) is 17.1 Å². The summed E-state index contributed by atoms with van der Waals surface area (Å²) in [5.41, 5.74) is 4.35. The first-order chi connectivity index (χ1) is 14.6. The number of amides is 1. The largest absolute Gasteiger partial charge is 0.440 e. The molecular formula is C22H21N5O3. The van der Waals surface area contributed by atoms with Crippen molar-refractivity contribution in [1.29, 1.82) is 0 Å². The molecule has 0 atom stereocenters. The zero-order valence-electron chi connectivity index (χ0n) is 16.7. The highest BCUT2D eigenvalue weighted by atomic mass is 16.4. The Labute approximate surface area is 172 Å². The van der Waals surface area contributed by atoms with E-state index in [-0.39, 0.29) is 5.91 Å². The molecule has 4 heterocycles. The third-order valence-corrected chi connectivity index (χ3v) is 5.80. The Morgan fingerprint density at radius 2 is 1.80 bits per heavy atom. The fourth-order valence-electron chi connectivity index (χ4n) is 3.90. The fourth-order valence-corrected chi connectivity index (χ4v) is 3.90. The number of fused-ring (bicyclic) bond motifs is 2. The highest BCUT2D eigenvalue weighted by Gasteiger charge is 2.29. The maximum Gasteiger partial charge on any atom is 0.300 e. The van der Waals surface area contributed by atoms with Gasteiger partial charge in [0.05, 0.1) is 0 Å². The first-order valence-corrected chi connectivity index (χ1v) is 10.3. The number of aromatic nitrogens is 3. The van der Waals surface area contributed by atoms with Crippen molar-refractivity contribution in [1.82, 2.24) is 19.9 Å². The van der Waals surface area contributed by atoms with E-state index in [1.54, 1.807) is 0 Å². The van der Waals surface area contributed by atoms with Gasteiger partial charge >= 0.3 is 0 Å². The van der Waals surface area contributed by atoms with Gasteiger partial charge in [0.2, 0.25) is 5.65 Å². The number of hydrogen-bond donors (Lipinski definition) is 0. The Balaban J connectivity index is 1.16. The topological polar surface area (TPSA) is 88.5 Å². The van der Waals surface area contributed by atoms with Crippen LogP contribution in [0.3, 0.4) is 0 Å². The normalized spacial score (nSPS) is 17.2. The molecule has 152 valence electrons. The molecule has 0 radical (unpaired) electrons. The van der Waals surface area contributed by atoms with Crippen LogP contribution in [0.25, 0.3) is 22.3 Å². The summed E-state index contributed by atoms with van der Waals surface area (Å²) in [6.45, 7) is 4.46. The maximum absolute atomic E-state index is 13.0. The van der Waals surface area contributed by atoms with Gasteiger partial charge in [0.25, 0.3) is 11.9 Å². The lowest BCUT2D eigenvalue weighted by atomic mass is 10.1. The summed E-state index contributed by atoms with van der Waals surface area (Å²) in [7, 11) is 0. The molecule has 8 heteroatoms. The standard InChI is InChI=1S/C22H21N5O3/c1-13-2-7-17-19(23-13)25-22(30-17)27-10-8-26(9-11-27)21(28)15-5-6-16-18(12-15)29-20(24-16)14-3-4-14/h2,5-7,12,14H,3-4,8-11H2,1H3. The first-order valence-electron chi connectivity index (χ1n) is 10.3.